The summed E-state index contributed by atoms with van der Waals surface area (Å²) in [6.07, 6.45) is 9.18. The maximum Gasteiger partial charge on any atom is 0.0695 e. The Bertz CT molecular complexity index is 1790. The zero-order valence-electron chi connectivity index (χ0n) is 33.7. The van der Waals surface area contributed by atoms with Crippen molar-refractivity contribution in [1.29, 1.82) is 0 Å². The number of aromatic nitrogens is 2. The first kappa shape index (κ1) is 44.7. The van der Waals surface area contributed by atoms with Crippen LogP contribution in [0.4, 0.5) is 11.4 Å². The van der Waals surface area contributed by atoms with Gasteiger partial charge >= 0.3 is 0 Å². The van der Waals surface area contributed by atoms with Crippen LogP contribution in [0, 0.1) is 0 Å². The van der Waals surface area contributed by atoms with E-state index in [1.807, 2.05) is 49.1 Å². The van der Waals surface area contributed by atoms with Gasteiger partial charge in [0.1, 0.15) is 0 Å². The summed E-state index contributed by atoms with van der Waals surface area (Å²) in [6, 6.07) is 31.2. The van der Waals surface area contributed by atoms with Crippen LogP contribution >= 0.6 is 0 Å². The van der Waals surface area contributed by atoms with Gasteiger partial charge in [-0.25, -0.2) is 0 Å². The van der Waals surface area contributed by atoms with E-state index in [1.165, 1.54) is 44.5 Å². The topological polar surface area (TPSA) is 50.5 Å². The standard InChI is InChI=1S/C48H58N4.2Cu/c1-31(2)36-17-19-37(20-18-36)46(38-27-42(32(3)4)47(43(28-38)33(5)6)51-25-21-40-15-11-13-23-49-40)39-29-44(34(7)8)48(45(30-39)35(9)10)52-26-22-41-16-12-14-24-50-41;;/h11-20,23-35,46H,21-22H2,1-10H3;;. The molecule has 5 aromatic rings. The van der Waals surface area contributed by atoms with Crippen LogP contribution in [0.15, 0.2) is 107 Å². The van der Waals surface area contributed by atoms with E-state index in [0.29, 0.717) is 42.4 Å². The second-order valence-corrected chi connectivity index (χ2v) is 15.6. The molecular weight excluding hydrogens is 760 g/mol. The maximum absolute atomic E-state index is 5.17. The molecule has 0 atom stereocenters. The van der Waals surface area contributed by atoms with Crippen molar-refractivity contribution in [2.75, 3.05) is 0 Å². The third-order valence-electron chi connectivity index (χ3n) is 9.97. The van der Waals surface area contributed by atoms with Gasteiger partial charge in [-0.05, 0) is 98.4 Å². The fraction of sp³-hybridized carbons (Fsp3) is 0.375. The fourth-order valence-corrected chi connectivity index (χ4v) is 6.95. The second kappa shape index (κ2) is 20.9. The minimum absolute atomic E-state index is 0. The molecule has 2 radical (unpaired) electrons. The molecular formula is C48H58Cu2N4. The molecule has 0 amide bonds. The molecule has 0 fully saturated rings. The number of hydrogen-bond donors (Lipinski definition) is 0. The first-order chi connectivity index (χ1) is 24.9. The van der Waals surface area contributed by atoms with E-state index in [2.05, 4.69) is 140 Å². The second-order valence-electron chi connectivity index (χ2n) is 15.6. The molecule has 6 heteroatoms. The Kier molecular flexibility index (Phi) is 17.3. The Morgan fingerprint density at radius 3 is 1.09 bits per heavy atom. The molecule has 0 aliphatic carbocycles. The summed E-state index contributed by atoms with van der Waals surface area (Å²) in [5.74, 6) is 1.73. The van der Waals surface area contributed by atoms with Crippen LogP contribution in [0.3, 0.4) is 0 Å². The number of rotatable bonds is 14. The van der Waals surface area contributed by atoms with Crippen molar-refractivity contribution in [2.24, 2.45) is 9.98 Å². The summed E-state index contributed by atoms with van der Waals surface area (Å²) in [5, 5.41) is 0. The third-order valence-corrected chi connectivity index (χ3v) is 9.97. The van der Waals surface area contributed by atoms with Gasteiger partial charge in [0.05, 0.1) is 11.4 Å². The van der Waals surface area contributed by atoms with Crippen LogP contribution in [0.25, 0.3) is 0 Å². The molecule has 54 heavy (non-hydrogen) atoms. The first-order valence-electron chi connectivity index (χ1n) is 19.2. The number of pyridine rings is 2. The van der Waals surface area contributed by atoms with E-state index in [4.69, 9.17) is 9.98 Å². The van der Waals surface area contributed by atoms with Crippen LogP contribution in [-0.2, 0) is 47.0 Å². The van der Waals surface area contributed by atoms with E-state index in [-0.39, 0.29) is 40.1 Å². The Labute approximate surface area is 346 Å². The SMILES string of the molecule is CC(C)c1ccc(C(c2cc(C(C)C)c(N=CCc3ccccn3)c(C(C)C)c2)c2cc(C(C)C)c(N=CCc3ccccn3)c(C(C)C)c2)cc1.[Cu].[Cu]. The number of nitrogens with zero attached hydrogens (tertiary/aromatic N) is 4. The van der Waals surface area contributed by atoms with Crippen LogP contribution in [0.1, 0.15) is 161 Å². The Morgan fingerprint density at radius 2 is 0.796 bits per heavy atom. The molecule has 0 aliphatic rings. The van der Waals surface area contributed by atoms with Crippen molar-refractivity contribution in [2.45, 2.75) is 118 Å². The molecule has 0 aliphatic heterocycles. The van der Waals surface area contributed by atoms with Gasteiger partial charge < -0.3 is 0 Å². The van der Waals surface area contributed by atoms with E-state index in [9.17, 15) is 0 Å². The molecule has 2 heterocycles. The van der Waals surface area contributed by atoms with Gasteiger partial charge in [0.15, 0.2) is 0 Å². The minimum atomic E-state index is 0. The maximum atomic E-state index is 5.17. The summed E-state index contributed by atoms with van der Waals surface area (Å²) in [6.45, 7) is 22.9. The largest absolute Gasteiger partial charge is 0.261 e. The van der Waals surface area contributed by atoms with Crippen LogP contribution in [0.5, 0.6) is 0 Å². The van der Waals surface area contributed by atoms with Crippen molar-refractivity contribution >= 4 is 23.8 Å². The molecule has 0 unspecified atom stereocenters. The normalized spacial score (nSPS) is 12.4. The summed E-state index contributed by atoms with van der Waals surface area (Å²) < 4.78 is 0. The predicted molar refractivity (Wildman–Crippen MR) is 223 cm³/mol. The Hall–Kier alpha value is -3.66. The summed E-state index contributed by atoms with van der Waals surface area (Å²) >= 11 is 0. The Balaban J connectivity index is 0.00000392. The van der Waals surface area contributed by atoms with E-state index < -0.39 is 0 Å². The number of benzene rings is 3. The van der Waals surface area contributed by atoms with Crippen molar-refractivity contribution in [3.8, 4) is 0 Å². The molecule has 0 N–H and O–H groups in total. The average Bonchev–Trinajstić information content (AvgIpc) is 3.13. The fourth-order valence-electron chi connectivity index (χ4n) is 6.95. The van der Waals surface area contributed by atoms with Gasteiger partial charge in [-0.2, -0.15) is 0 Å². The number of hydrogen-bond acceptors (Lipinski definition) is 4. The molecule has 4 nitrogen and oxygen atoms in total. The molecule has 2 aromatic heterocycles. The van der Waals surface area contributed by atoms with E-state index in [0.717, 1.165) is 22.8 Å². The zero-order valence-corrected chi connectivity index (χ0v) is 35.5. The van der Waals surface area contributed by atoms with Gasteiger partial charge in [-0.15, -0.1) is 0 Å². The number of aliphatic imine (C=N–C) groups is 2. The molecule has 0 bridgehead atoms. The quantitative estimate of drug-likeness (QED) is 0.0637. The average molecular weight is 818 g/mol. The molecule has 3 aromatic carbocycles. The van der Waals surface area contributed by atoms with Crippen molar-refractivity contribution in [1.82, 2.24) is 9.97 Å². The molecule has 0 saturated heterocycles. The summed E-state index contributed by atoms with van der Waals surface area (Å²) in [7, 11) is 0. The van der Waals surface area contributed by atoms with Crippen LogP contribution in [-0.4, -0.2) is 22.4 Å². The third kappa shape index (κ3) is 11.2. The van der Waals surface area contributed by atoms with E-state index in [1.54, 1.807) is 0 Å². The van der Waals surface area contributed by atoms with Crippen molar-refractivity contribution < 1.29 is 34.1 Å². The van der Waals surface area contributed by atoms with Gasteiger partial charge in [-0.3, -0.25) is 20.0 Å². The van der Waals surface area contributed by atoms with Crippen LogP contribution < -0.4 is 0 Å². The summed E-state index contributed by atoms with van der Waals surface area (Å²) in [5.41, 5.74) is 14.7. The van der Waals surface area contributed by atoms with Crippen molar-refractivity contribution in [3.05, 3.63) is 153 Å². The Morgan fingerprint density at radius 1 is 0.444 bits per heavy atom. The molecule has 0 spiro atoms. The van der Waals surface area contributed by atoms with Crippen LogP contribution in [0.2, 0.25) is 0 Å². The van der Waals surface area contributed by atoms with E-state index >= 15 is 0 Å². The molecule has 5 rings (SSSR count). The first-order valence-corrected chi connectivity index (χ1v) is 19.2. The molecule has 0 saturated carbocycles. The van der Waals surface area contributed by atoms with Gasteiger partial charge in [0, 0.05) is 89.1 Å². The van der Waals surface area contributed by atoms with Crippen molar-refractivity contribution in [3.63, 3.8) is 0 Å². The van der Waals surface area contributed by atoms with Gasteiger partial charge in [-0.1, -0.05) is 130 Å². The monoisotopic (exact) mass is 816 g/mol. The minimum Gasteiger partial charge on any atom is -0.261 e. The zero-order chi connectivity index (χ0) is 37.4. The smallest absolute Gasteiger partial charge is 0.0695 e. The van der Waals surface area contributed by atoms with Gasteiger partial charge in [0.2, 0.25) is 0 Å². The molecule has 292 valence electrons. The van der Waals surface area contributed by atoms with Gasteiger partial charge in [0.25, 0.3) is 0 Å². The summed E-state index contributed by atoms with van der Waals surface area (Å²) in [4.78, 5) is 19.4. The predicted octanol–water partition coefficient (Wildman–Crippen LogP) is 13.2.